The number of hydrogen-bond donors (Lipinski definition) is 1. The van der Waals surface area contributed by atoms with Gasteiger partial charge >= 0.3 is 6.03 Å². The quantitative estimate of drug-likeness (QED) is 0.919. The number of rotatable bonds is 3. The van der Waals surface area contributed by atoms with Gasteiger partial charge in [0.05, 0.1) is 24.3 Å². The van der Waals surface area contributed by atoms with Gasteiger partial charge in [-0.1, -0.05) is 6.07 Å². The van der Waals surface area contributed by atoms with E-state index in [2.05, 4.69) is 19.8 Å². The number of nitrogens with one attached hydrogen (secondary N) is 1. The largest absolute Gasteiger partial charge is 0.333 e. The van der Waals surface area contributed by atoms with Crippen LogP contribution in [0.15, 0.2) is 30.6 Å². The Morgan fingerprint density at radius 1 is 1.15 bits per heavy atom. The molecular formula is C19H24FN5O. The summed E-state index contributed by atoms with van der Waals surface area (Å²) in [6, 6.07) is 5.79. The Morgan fingerprint density at radius 2 is 2.00 bits per heavy atom. The summed E-state index contributed by atoms with van der Waals surface area (Å²) in [5.74, 6) is -0.357. The average molecular weight is 357 g/mol. The molecule has 0 atom stereocenters. The molecule has 3 heterocycles. The van der Waals surface area contributed by atoms with Crippen molar-refractivity contribution in [3.8, 4) is 0 Å². The first-order valence-corrected chi connectivity index (χ1v) is 9.26. The lowest BCUT2D eigenvalue weighted by Gasteiger charge is -2.22. The number of halogens is 1. The number of urea groups is 1. The van der Waals surface area contributed by atoms with E-state index in [1.165, 1.54) is 25.0 Å². The van der Waals surface area contributed by atoms with Crippen LogP contribution in [0.1, 0.15) is 30.7 Å². The number of aryl methyl sites for hydroxylation is 1. The zero-order valence-electron chi connectivity index (χ0n) is 14.8. The summed E-state index contributed by atoms with van der Waals surface area (Å²) in [7, 11) is 0. The Balaban J connectivity index is 1.47. The number of hydrogen-bond acceptors (Lipinski definition) is 3. The molecule has 6 nitrogen and oxygen atoms in total. The third kappa shape index (κ3) is 3.72. The number of nitrogens with zero attached hydrogens (tertiary/aromatic N) is 4. The first-order chi connectivity index (χ1) is 12.7. The molecule has 1 fully saturated rings. The van der Waals surface area contributed by atoms with E-state index in [1.807, 2.05) is 6.33 Å². The highest BCUT2D eigenvalue weighted by atomic mass is 19.1. The van der Waals surface area contributed by atoms with Crippen LogP contribution < -0.4 is 5.32 Å². The van der Waals surface area contributed by atoms with Crippen molar-refractivity contribution in [3.63, 3.8) is 0 Å². The van der Waals surface area contributed by atoms with Crippen LogP contribution in [-0.4, -0.2) is 45.0 Å². The van der Waals surface area contributed by atoms with Crippen molar-refractivity contribution < 1.29 is 9.18 Å². The second kappa shape index (κ2) is 7.45. The maximum atomic E-state index is 13.3. The molecular weight excluding hydrogens is 333 g/mol. The molecule has 2 aliphatic heterocycles. The molecule has 0 bridgehead atoms. The van der Waals surface area contributed by atoms with Crippen molar-refractivity contribution in [2.75, 3.05) is 25.0 Å². The zero-order chi connectivity index (χ0) is 17.9. The maximum Gasteiger partial charge on any atom is 0.322 e. The van der Waals surface area contributed by atoms with Crippen LogP contribution >= 0.6 is 0 Å². The van der Waals surface area contributed by atoms with Crippen LogP contribution in [0.5, 0.6) is 0 Å². The second-order valence-corrected chi connectivity index (χ2v) is 7.03. The number of benzene rings is 1. The molecule has 4 rings (SSSR count). The number of anilines is 1. The maximum absolute atomic E-state index is 13.3. The van der Waals surface area contributed by atoms with Crippen molar-refractivity contribution >= 4 is 11.7 Å². The molecule has 138 valence electrons. The highest BCUT2D eigenvalue weighted by Gasteiger charge is 2.24. The van der Waals surface area contributed by atoms with Crippen LogP contribution in [0.2, 0.25) is 0 Å². The van der Waals surface area contributed by atoms with Crippen molar-refractivity contribution in [2.24, 2.45) is 0 Å². The Hall–Kier alpha value is -2.41. The minimum atomic E-state index is -0.357. The molecule has 0 spiro atoms. The van der Waals surface area contributed by atoms with Crippen LogP contribution in [0, 0.1) is 5.82 Å². The smallest absolute Gasteiger partial charge is 0.322 e. The number of carbonyl (C=O) groups is 1. The predicted molar refractivity (Wildman–Crippen MR) is 97.2 cm³/mol. The fourth-order valence-corrected chi connectivity index (χ4v) is 3.74. The number of imidazole rings is 1. The number of carbonyl (C=O) groups excluding carboxylic acids is 1. The minimum Gasteiger partial charge on any atom is -0.333 e. The van der Waals surface area contributed by atoms with E-state index in [1.54, 1.807) is 17.0 Å². The van der Waals surface area contributed by atoms with Gasteiger partial charge in [0.1, 0.15) is 5.82 Å². The predicted octanol–water partition coefficient (Wildman–Crippen LogP) is 3.06. The van der Waals surface area contributed by atoms with Gasteiger partial charge in [0, 0.05) is 25.3 Å². The number of likely N-dealkylation sites (tertiary alicyclic amines) is 1. The lowest BCUT2D eigenvalue weighted by Crippen LogP contribution is -2.35. The Morgan fingerprint density at radius 3 is 2.81 bits per heavy atom. The lowest BCUT2D eigenvalue weighted by molar-refractivity contribution is 0.209. The summed E-state index contributed by atoms with van der Waals surface area (Å²) in [4.78, 5) is 21.5. The summed E-state index contributed by atoms with van der Waals surface area (Å²) in [6.07, 6.45) is 5.27. The summed E-state index contributed by atoms with van der Waals surface area (Å²) < 4.78 is 15.5. The lowest BCUT2D eigenvalue weighted by atomic mass is 10.2. The minimum absolute atomic E-state index is 0.197. The molecule has 26 heavy (non-hydrogen) atoms. The van der Waals surface area contributed by atoms with Crippen molar-refractivity contribution in [1.29, 1.82) is 0 Å². The van der Waals surface area contributed by atoms with E-state index >= 15 is 0 Å². The molecule has 0 radical (unpaired) electrons. The third-order valence-electron chi connectivity index (χ3n) is 5.14. The fourth-order valence-electron chi connectivity index (χ4n) is 3.74. The molecule has 7 heteroatoms. The van der Waals surface area contributed by atoms with Crippen molar-refractivity contribution in [2.45, 2.75) is 38.9 Å². The van der Waals surface area contributed by atoms with Gasteiger partial charge in [-0.15, -0.1) is 0 Å². The van der Waals surface area contributed by atoms with E-state index in [9.17, 15) is 9.18 Å². The van der Waals surface area contributed by atoms with Crippen LogP contribution in [0.4, 0.5) is 14.9 Å². The van der Waals surface area contributed by atoms with E-state index < -0.39 is 0 Å². The Kier molecular flexibility index (Phi) is 4.88. The monoisotopic (exact) mass is 357 g/mol. The molecule has 2 amide bonds. The van der Waals surface area contributed by atoms with E-state index in [0.717, 1.165) is 44.0 Å². The van der Waals surface area contributed by atoms with Crippen molar-refractivity contribution in [3.05, 3.63) is 47.8 Å². The van der Waals surface area contributed by atoms with Gasteiger partial charge in [0.15, 0.2) is 0 Å². The summed E-state index contributed by atoms with van der Waals surface area (Å²) in [5.41, 5.74) is 2.66. The molecule has 2 aromatic rings. The van der Waals surface area contributed by atoms with Gasteiger partial charge in [-0.25, -0.2) is 14.2 Å². The normalized spacial score (nSPS) is 17.8. The Labute approximate surface area is 152 Å². The molecule has 0 aliphatic carbocycles. The van der Waals surface area contributed by atoms with Crippen LogP contribution in [-0.2, 0) is 19.6 Å². The molecule has 1 aromatic heterocycles. The molecule has 1 aromatic carbocycles. The van der Waals surface area contributed by atoms with Gasteiger partial charge in [-0.05, 0) is 50.6 Å². The van der Waals surface area contributed by atoms with E-state index in [0.29, 0.717) is 18.8 Å². The first-order valence-electron chi connectivity index (χ1n) is 9.26. The van der Waals surface area contributed by atoms with Gasteiger partial charge in [-0.3, -0.25) is 4.90 Å². The van der Waals surface area contributed by atoms with Crippen LogP contribution in [0.3, 0.4) is 0 Å². The van der Waals surface area contributed by atoms with E-state index in [-0.39, 0.29) is 11.8 Å². The highest BCUT2D eigenvalue weighted by molar-refractivity contribution is 5.89. The number of amides is 2. The summed E-state index contributed by atoms with van der Waals surface area (Å²) >= 11 is 0. The third-order valence-corrected chi connectivity index (χ3v) is 5.14. The summed E-state index contributed by atoms with van der Waals surface area (Å²) in [5, 5.41) is 2.80. The van der Waals surface area contributed by atoms with Gasteiger partial charge < -0.3 is 14.8 Å². The van der Waals surface area contributed by atoms with Gasteiger partial charge in [-0.2, -0.15) is 0 Å². The molecule has 2 aliphatic rings. The second-order valence-electron chi connectivity index (χ2n) is 7.03. The number of fused-ring (bicyclic) bond motifs is 1. The van der Waals surface area contributed by atoms with Gasteiger partial charge in [0.25, 0.3) is 0 Å². The van der Waals surface area contributed by atoms with Crippen LogP contribution in [0.25, 0.3) is 0 Å². The summed E-state index contributed by atoms with van der Waals surface area (Å²) in [6.45, 7) is 5.16. The number of aromatic nitrogens is 2. The van der Waals surface area contributed by atoms with Gasteiger partial charge in [0.2, 0.25) is 0 Å². The molecule has 1 N–H and O–H groups in total. The van der Waals surface area contributed by atoms with E-state index in [4.69, 9.17) is 0 Å². The SMILES string of the molecule is O=C(Nc1cccc(F)c1)N1CCCn2cnc(CN3CCCC3)c2C1. The Bertz CT molecular complexity index is 784. The molecule has 0 saturated carbocycles. The molecule has 1 saturated heterocycles. The topological polar surface area (TPSA) is 53.4 Å². The standard InChI is InChI=1S/C19H24FN5O/c20-15-5-3-6-16(11-15)22-19(26)24-9-4-10-25-14-21-17(18(25)13-24)12-23-7-1-2-8-23/h3,5-6,11,14H,1-2,4,7-10,12-13H2,(H,22,26). The average Bonchev–Trinajstić information content (AvgIpc) is 3.20. The fraction of sp³-hybridized carbons (Fsp3) is 0.474. The molecule has 0 unspecified atom stereocenters. The highest BCUT2D eigenvalue weighted by Crippen LogP contribution is 2.20. The first kappa shape index (κ1) is 17.0. The van der Waals surface area contributed by atoms with Crippen molar-refractivity contribution in [1.82, 2.24) is 19.4 Å². The zero-order valence-corrected chi connectivity index (χ0v) is 14.8.